The van der Waals surface area contributed by atoms with Gasteiger partial charge in [-0.3, -0.25) is 9.59 Å². The molecule has 122 valence electrons. The van der Waals surface area contributed by atoms with Crippen molar-refractivity contribution in [3.05, 3.63) is 65.2 Å². The maximum absolute atomic E-state index is 12.1. The third-order valence-corrected chi connectivity index (χ3v) is 3.93. The van der Waals surface area contributed by atoms with Gasteiger partial charge in [0, 0.05) is 11.1 Å². The van der Waals surface area contributed by atoms with Gasteiger partial charge >= 0.3 is 0 Å². The van der Waals surface area contributed by atoms with Crippen LogP contribution in [0.3, 0.4) is 0 Å². The summed E-state index contributed by atoms with van der Waals surface area (Å²) in [6.07, 6.45) is 3.22. The molecule has 5 heteroatoms. The molecule has 2 N–H and O–H groups in total. The Morgan fingerprint density at radius 3 is 2.71 bits per heavy atom. The summed E-state index contributed by atoms with van der Waals surface area (Å²) in [5.41, 5.74) is 5.83. The summed E-state index contributed by atoms with van der Waals surface area (Å²) in [6, 6.07) is 14.6. The molecule has 0 aliphatic carbocycles. The highest BCUT2D eigenvalue weighted by molar-refractivity contribution is 6.53. The number of carbonyl (C=O) groups excluding carboxylic acids is 2. The summed E-state index contributed by atoms with van der Waals surface area (Å²) >= 11 is 0. The molecule has 1 heterocycles. The zero-order valence-corrected chi connectivity index (χ0v) is 13.5. The number of hydrogen-bond donors (Lipinski definition) is 2. The number of amides is 2. The average molecular weight is 321 g/mol. The van der Waals surface area contributed by atoms with Crippen molar-refractivity contribution in [2.45, 2.75) is 26.2 Å². The van der Waals surface area contributed by atoms with Crippen molar-refractivity contribution < 1.29 is 9.59 Å². The van der Waals surface area contributed by atoms with Crippen LogP contribution in [-0.4, -0.2) is 17.5 Å². The smallest absolute Gasteiger partial charge is 0.276 e. The highest BCUT2D eigenvalue weighted by atomic mass is 16.2. The number of unbranched alkanes of at least 4 members (excludes halogenated alkanes) is 1. The number of hydrazone groups is 1. The van der Waals surface area contributed by atoms with Gasteiger partial charge in [-0.05, 0) is 36.6 Å². The molecule has 1 aliphatic heterocycles. The molecular formula is C19H19N3O2. The second-order valence-electron chi connectivity index (χ2n) is 5.70. The molecule has 0 atom stereocenters. The lowest BCUT2D eigenvalue weighted by Gasteiger charge is -2.03. The van der Waals surface area contributed by atoms with E-state index in [0.29, 0.717) is 11.1 Å². The number of nitrogens with zero attached hydrogens (tertiary/aromatic N) is 1. The van der Waals surface area contributed by atoms with Gasteiger partial charge in [0.05, 0.1) is 5.69 Å². The van der Waals surface area contributed by atoms with E-state index in [0.717, 1.165) is 24.9 Å². The third kappa shape index (κ3) is 3.35. The van der Waals surface area contributed by atoms with Crippen molar-refractivity contribution in [3.8, 4) is 0 Å². The molecule has 0 radical (unpaired) electrons. The van der Waals surface area contributed by atoms with Crippen LogP contribution in [0.5, 0.6) is 0 Å². The molecule has 0 fully saturated rings. The molecule has 0 saturated carbocycles. The number of benzene rings is 2. The van der Waals surface area contributed by atoms with Gasteiger partial charge in [0.15, 0.2) is 5.71 Å². The molecule has 0 saturated heterocycles. The zero-order chi connectivity index (χ0) is 16.9. The van der Waals surface area contributed by atoms with E-state index >= 15 is 0 Å². The molecule has 0 bridgehead atoms. The molecule has 2 amide bonds. The molecule has 5 nitrogen and oxygen atoms in total. The van der Waals surface area contributed by atoms with Crippen LogP contribution in [0.2, 0.25) is 0 Å². The van der Waals surface area contributed by atoms with E-state index in [9.17, 15) is 9.59 Å². The molecular weight excluding hydrogens is 302 g/mol. The highest BCUT2D eigenvalue weighted by Crippen LogP contribution is 2.25. The first-order valence-electron chi connectivity index (χ1n) is 8.06. The normalized spacial score (nSPS) is 14.4. The van der Waals surface area contributed by atoms with Gasteiger partial charge < -0.3 is 5.32 Å². The van der Waals surface area contributed by atoms with E-state index in [-0.39, 0.29) is 17.5 Å². The molecule has 3 rings (SSSR count). The zero-order valence-electron chi connectivity index (χ0n) is 13.5. The van der Waals surface area contributed by atoms with Crippen molar-refractivity contribution in [1.29, 1.82) is 0 Å². The number of fused-ring (bicyclic) bond motifs is 1. The molecule has 0 spiro atoms. The van der Waals surface area contributed by atoms with Gasteiger partial charge in [0.1, 0.15) is 0 Å². The standard InChI is InChI=1S/C19H19N3O2/c1-2-3-7-13-10-11-15-16(12-13)20-19(24)17(15)21-22-18(23)14-8-5-4-6-9-14/h4-6,8-12H,2-3,7H2,1H3,(H,22,23)(H,20,21,24). The van der Waals surface area contributed by atoms with Gasteiger partial charge in [0.2, 0.25) is 0 Å². The summed E-state index contributed by atoms with van der Waals surface area (Å²) < 4.78 is 0. The lowest BCUT2D eigenvalue weighted by atomic mass is 10.0. The van der Waals surface area contributed by atoms with Crippen LogP contribution in [0.4, 0.5) is 5.69 Å². The van der Waals surface area contributed by atoms with E-state index in [4.69, 9.17) is 0 Å². The Hall–Kier alpha value is -2.95. The molecule has 24 heavy (non-hydrogen) atoms. The van der Waals surface area contributed by atoms with Crippen molar-refractivity contribution in [1.82, 2.24) is 5.43 Å². The summed E-state index contributed by atoms with van der Waals surface area (Å²) in [5.74, 6) is -0.644. The SMILES string of the molecule is CCCCc1ccc2c(c1)NC(=O)/C2=N\NC(=O)c1ccccc1. The minimum Gasteiger partial charge on any atom is -0.320 e. The molecule has 0 aromatic heterocycles. The Balaban J connectivity index is 1.78. The fourth-order valence-corrected chi connectivity index (χ4v) is 2.61. The maximum atomic E-state index is 12.1. The van der Waals surface area contributed by atoms with Crippen molar-refractivity contribution >= 4 is 23.2 Å². The van der Waals surface area contributed by atoms with Gasteiger partial charge in [0.25, 0.3) is 11.8 Å². The van der Waals surface area contributed by atoms with Crippen LogP contribution in [-0.2, 0) is 11.2 Å². The van der Waals surface area contributed by atoms with Crippen LogP contribution in [0, 0.1) is 0 Å². The van der Waals surface area contributed by atoms with Gasteiger partial charge in [-0.1, -0.05) is 43.7 Å². The third-order valence-electron chi connectivity index (χ3n) is 3.93. The fourth-order valence-electron chi connectivity index (χ4n) is 2.61. The van der Waals surface area contributed by atoms with Gasteiger partial charge in [-0.2, -0.15) is 5.10 Å². The van der Waals surface area contributed by atoms with Gasteiger partial charge in [-0.15, -0.1) is 0 Å². The van der Waals surface area contributed by atoms with E-state index in [1.54, 1.807) is 24.3 Å². The number of aryl methyl sites for hydroxylation is 1. The number of rotatable bonds is 5. The Kier molecular flexibility index (Phi) is 4.70. The Bertz CT molecular complexity index is 798. The van der Waals surface area contributed by atoms with Crippen LogP contribution >= 0.6 is 0 Å². The molecule has 2 aromatic carbocycles. The van der Waals surface area contributed by atoms with Crippen molar-refractivity contribution in [3.63, 3.8) is 0 Å². The first-order valence-corrected chi connectivity index (χ1v) is 8.06. The lowest BCUT2D eigenvalue weighted by molar-refractivity contribution is -0.110. The predicted molar refractivity (Wildman–Crippen MR) is 94.1 cm³/mol. The lowest BCUT2D eigenvalue weighted by Crippen LogP contribution is -2.23. The number of nitrogens with one attached hydrogen (secondary N) is 2. The van der Waals surface area contributed by atoms with E-state index in [2.05, 4.69) is 22.8 Å². The maximum Gasteiger partial charge on any atom is 0.276 e. The van der Waals surface area contributed by atoms with E-state index in [1.165, 1.54) is 5.56 Å². The predicted octanol–water partition coefficient (Wildman–Crippen LogP) is 3.12. The van der Waals surface area contributed by atoms with Crippen LogP contribution in [0.15, 0.2) is 53.6 Å². The van der Waals surface area contributed by atoms with Gasteiger partial charge in [-0.25, -0.2) is 5.43 Å². The quantitative estimate of drug-likeness (QED) is 0.831. The van der Waals surface area contributed by atoms with Crippen LogP contribution in [0.25, 0.3) is 0 Å². The average Bonchev–Trinajstić information content (AvgIpc) is 2.93. The summed E-state index contributed by atoms with van der Waals surface area (Å²) in [6.45, 7) is 2.15. The van der Waals surface area contributed by atoms with Crippen LogP contribution in [0.1, 0.15) is 41.3 Å². The second-order valence-corrected chi connectivity index (χ2v) is 5.70. The Morgan fingerprint density at radius 1 is 1.17 bits per heavy atom. The monoisotopic (exact) mass is 321 g/mol. The first-order chi connectivity index (χ1) is 11.7. The number of hydrogen-bond acceptors (Lipinski definition) is 3. The minimum absolute atomic E-state index is 0.233. The van der Waals surface area contributed by atoms with Crippen molar-refractivity contribution in [2.75, 3.05) is 5.32 Å². The van der Waals surface area contributed by atoms with E-state index in [1.807, 2.05) is 24.3 Å². The minimum atomic E-state index is -0.344. The Morgan fingerprint density at radius 2 is 1.96 bits per heavy atom. The first kappa shape index (κ1) is 15.9. The molecule has 0 unspecified atom stereocenters. The largest absolute Gasteiger partial charge is 0.320 e. The Labute approximate surface area is 140 Å². The summed E-state index contributed by atoms with van der Waals surface area (Å²) in [4.78, 5) is 24.2. The summed E-state index contributed by atoms with van der Waals surface area (Å²) in [5, 5.41) is 6.83. The topological polar surface area (TPSA) is 70.6 Å². The number of carbonyl (C=O) groups is 2. The van der Waals surface area contributed by atoms with E-state index < -0.39 is 0 Å². The van der Waals surface area contributed by atoms with Crippen molar-refractivity contribution in [2.24, 2.45) is 5.10 Å². The fraction of sp³-hybridized carbons (Fsp3) is 0.211. The highest BCUT2D eigenvalue weighted by Gasteiger charge is 2.26. The molecule has 2 aromatic rings. The number of anilines is 1. The van der Waals surface area contributed by atoms with Crippen LogP contribution < -0.4 is 10.7 Å². The molecule has 1 aliphatic rings. The second kappa shape index (κ2) is 7.08. The summed E-state index contributed by atoms with van der Waals surface area (Å²) in [7, 11) is 0.